The molecule has 0 amide bonds. The fourth-order valence-corrected chi connectivity index (χ4v) is 3.07. The van der Waals surface area contributed by atoms with Crippen LogP contribution >= 0.6 is 27.7 Å². The number of benzene rings is 1. The van der Waals surface area contributed by atoms with E-state index < -0.39 is 0 Å². The summed E-state index contributed by atoms with van der Waals surface area (Å²) in [5.41, 5.74) is 0.585. The van der Waals surface area contributed by atoms with Gasteiger partial charge < -0.3 is 0 Å². The van der Waals surface area contributed by atoms with Gasteiger partial charge in [-0.15, -0.1) is 16.9 Å². The molecular weight excluding hydrogens is 326 g/mol. The molecule has 0 atom stereocenters. The Bertz CT molecular complexity index is 571. The third-order valence-electron chi connectivity index (χ3n) is 2.53. The molecule has 19 heavy (non-hydrogen) atoms. The number of halogens is 1. The smallest absolute Gasteiger partial charge is 0.192 e. The van der Waals surface area contributed by atoms with Crippen LogP contribution in [0.5, 0.6) is 0 Å². The third-order valence-corrected chi connectivity index (χ3v) is 4.56. The quantitative estimate of drug-likeness (QED) is 0.597. The van der Waals surface area contributed by atoms with Crippen LogP contribution in [0.2, 0.25) is 0 Å². The largest absolute Gasteiger partial charge is 0.291 e. The van der Waals surface area contributed by atoms with Crippen molar-refractivity contribution in [2.24, 2.45) is 0 Å². The van der Waals surface area contributed by atoms with Crippen LogP contribution in [0, 0.1) is 0 Å². The van der Waals surface area contributed by atoms with Gasteiger partial charge in [-0.1, -0.05) is 24.3 Å². The number of aryl methyl sites for hydroxylation is 1. The Balaban J connectivity index is 2.02. The highest BCUT2D eigenvalue weighted by Gasteiger charge is 2.13. The first-order valence-electron chi connectivity index (χ1n) is 6.01. The van der Waals surface area contributed by atoms with E-state index in [-0.39, 0.29) is 5.78 Å². The average Bonchev–Trinajstić information content (AvgIpc) is 2.86. The van der Waals surface area contributed by atoms with Gasteiger partial charge in [-0.3, -0.25) is 4.79 Å². The maximum Gasteiger partial charge on any atom is 0.192 e. The van der Waals surface area contributed by atoms with Crippen molar-refractivity contribution < 1.29 is 4.79 Å². The molecule has 2 aromatic rings. The minimum Gasteiger partial charge on any atom is -0.291 e. The van der Waals surface area contributed by atoms with Crippen molar-refractivity contribution in [3.63, 3.8) is 0 Å². The molecule has 1 heterocycles. The average molecular weight is 340 g/mol. The van der Waals surface area contributed by atoms with Crippen molar-refractivity contribution >= 4 is 33.5 Å². The van der Waals surface area contributed by atoms with Crippen LogP contribution in [-0.4, -0.2) is 26.5 Å². The molecule has 4 nitrogen and oxygen atoms in total. The van der Waals surface area contributed by atoms with Gasteiger partial charge in [-0.05, 0) is 34.5 Å². The lowest BCUT2D eigenvalue weighted by Gasteiger charge is -2.05. The van der Waals surface area contributed by atoms with E-state index in [9.17, 15) is 4.79 Å². The van der Waals surface area contributed by atoms with E-state index in [4.69, 9.17) is 0 Å². The van der Waals surface area contributed by atoms with E-state index in [2.05, 4.69) is 26.2 Å². The number of carbonyl (C=O) groups excluding carboxylic acids is 1. The number of carbonyl (C=O) groups is 1. The number of nitrogens with zero attached hydrogens (tertiary/aromatic N) is 3. The molecule has 100 valence electrons. The van der Waals surface area contributed by atoms with Gasteiger partial charge in [0.1, 0.15) is 5.69 Å². The van der Waals surface area contributed by atoms with Crippen molar-refractivity contribution in [3.05, 3.63) is 40.6 Å². The van der Waals surface area contributed by atoms with Crippen LogP contribution in [0.1, 0.15) is 23.8 Å². The van der Waals surface area contributed by atoms with Crippen molar-refractivity contribution in [3.8, 4) is 0 Å². The van der Waals surface area contributed by atoms with E-state index >= 15 is 0 Å². The summed E-state index contributed by atoms with van der Waals surface area (Å²) in [7, 11) is 0. The number of rotatable bonds is 6. The molecule has 6 heteroatoms. The Kier molecular flexibility index (Phi) is 5.15. The molecule has 1 aromatic carbocycles. The fourth-order valence-electron chi connectivity index (χ4n) is 1.63. The van der Waals surface area contributed by atoms with Crippen LogP contribution in [0.25, 0.3) is 0 Å². The second-order valence-corrected chi connectivity index (χ2v) is 5.86. The van der Waals surface area contributed by atoms with Crippen molar-refractivity contribution in [1.82, 2.24) is 15.0 Å². The molecule has 0 radical (unpaired) electrons. The summed E-state index contributed by atoms with van der Waals surface area (Å²) < 4.78 is 2.68. The number of ketones is 1. The van der Waals surface area contributed by atoms with Gasteiger partial charge in [0.2, 0.25) is 0 Å². The number of hydrogen-bond donors (Lipinski definition) is 0. The monoisotopic (exact) mass is 339 g/mol. The zero-order chi connectivity index (χ0) is 13.7. The molecule has 0 N–H and O–H groups in total. The molecule has 0 aliphatic rings. The SMILES string of the molecule is CCCn1nncc1C(=O)CSc1ccccc1Br. The molecular formula is C13H14BrN3OS. The predicted molar refractivity (Wildman–Crippen MR) is 79.5 cm³/mol. The Morgan fingerprint density at radius 1 is 1.42 bits per heavy atom. The molecule has 1 aromatic heterocycles. The van der Waals surface area contributed by atoms with Gasteiger partial charge in [0, 0.05) is 15.9 Å². The van der Waals surface area contributed by atoms with Crippen molar-refractivity contribution in [2.45, 2.75) is 24.8 Å². The summed E-state index contributed by atoms with van der Waals surface area (Å²) in [6.45, 7) is 2.77. The molecule has 0 unspecified atom stereocenters. The lowest BCUT2D eigenvalue weighted by atomic mass is 10.3. The first-order chi connectivity index (χ1) is 9.22. The molecule has 0 fully saturated rings. The van der Waals surface area contributed by atoms with Crippen LogP contribution in [-0.2, 0) is 6.54 Å². The number of hydrogen-bond acceptors (Lipinski definition) is 4. The summed E-state index contributed by atoms with van der Waals surface area (Å²) in [5.74, 6) is 0.443. The first-order valence-corrected chi connectivity index (χ1v) is 7.79. The molecule has 2 rings (SSSR count). The zero-order valence-corrected chi connectivity index (χ0v) is 12.9. The van der Waals surface area contributed by atoms with E-state index in [0.717, 1.165) is 22.3 Å². The fraction of sp³-hybridized carbons (Fsp3) is 0.308. The van der Waals surface area contributed by atoms with Gasteiger partial charge >= 0.3 is 0 Å². The number of Topliss-reactive ketones (excluding diaryl/α,β-unsaturated/α-hetero) is 1. The van der Waals surface area contributed by atoms with Gasteiger partial charge in [0.05, 0.1) is 11.9 Å². The van der Waals surface area contributed by atoms with E-state index in [1.807, 2.05) is 31.2 Å². The summed E-state index contributed by atoms with van der Waals surface area (Å²) >= 11 is 4.99. The second kappa shape index (κ2) is 6.86. The maximum absolute atomic E-state index is 12.1. The van der Waals surface area contributed by atoms with E-state index in [0.29, 0.717) is 11.4 Å². The van der Waals surface area contributed by atoms with Gasteiger partial charge in [0.25, 0.3) is 0 Å². The van der Waals surface area contributed by atoms with Gasteiger partial charge in [-0.25, -0.2) is 4.68 Å². The summed E-state index contributed by atoms with van der Waals surface area (Å²) in [4.78, 5) is 13.2. The zero-order valence-electron chi connectivity index (χ0n) is 10.5. The lowest BCUT2D eigenvalue weighted by Crippen LogP contribution is -2.12. The van der Waals surface area contributed by atoms with Crippen molar-refractivity contribution in [1.29, 1.82) is 0 Å². The Morgan fingerprint density at radius 3 is 2.95 bits per heavy atom. The Labute approximate surface area is 124 Å². The van der Waals surface area contributed by atoms with Gasteiger partial charge in [-0.2, -0.15) is 0 Å². The van der Waals surface area contributed by atoms with Crippen LogP contribution in [0.4, 0.5) is 0 Å². The van der Waals surface area contributed by atoms with E-state index in [1.165, 1.54) is 11.8 Å². The minimum absolute atomic E-state index is 0.0548. The molecule has 0 spiro atoms. The topological polar surface area (TPSA) is 47.8 Å². The predicted octanol–water partition coefficient (Wildman–Crippen LogP) is 3.43. The normalized spacial score (nSPS) is 10.6. The van der Waals surface area contributed by atoms with Crippen LogP contribution < -0.4 is 0 Å². The molecule has 0 bridgehead atoms. The van der Waals surface area contributed by atoms with Crippen LogP contribution in [0.3, 0.4) is 0 Å². The summed E-state index contributed by atoms with van der Waals surface area (Å²) in [5, 5.41) is 7.73. The second-order valence-electron chi connectivity index (χ2n) is 3.98. The highest BCUT2D eigenvalue weighted by Crippen LogP contribution is 2.27. The van der Waals surface area contributed by atoms with Crippen LogP contribution in [0.15, 0.2) is 39.8 Å². The lowest BCUT2D eigenvalue weighted by molar-refractivity contribution is 0.101. The Morgan fingerprint density at radius 2 is 2.21 bits per heavy atom. The van der Waals surface area contributed by atoms with E-state index in [1.54, 1.807) is 10.9 Å². The number of thioether (sulfide) groups is 1. The minimum atomic E-state index is 0.0548. The van der Waals surface area contributed by atoms with Gasteiger partial charge in [0.15, 0.2) is 5.78 Å². The maximum atomic E-state index is 12.1. The summed E-state index contributed by atoms with van der Waals surface area (Å²) in [6.07, 6.45) is 2.47. The summed E-state index contributed by atoms with van der Waals surface area (Å²) in [6, 6.07) is 7.87. The third kappa shape index (κ3) is 3.67. The molecule has 0 aliphatic carbocycles. The van der Waals surface area contributed by atoms with Crippen molar-refractivity contribution in [2.75, 3.05) is 5.75 Å². The molecule has 0 saturated heterocycles. The first kappa shape index (κ1) is 14.3. The Hall–Kier alpha value is -1.14. The number of aromatic nitrogens is 3. The molecule has 0 aliphatic heterocycles. The molecule has 0 saturated carbocycles. The standard InChI is InChI=1S/C13H14BrN3OS/c1-2-7-17-11(8-15-16-17)12(18)9-19-13-6-4-3-5-10(13)14/h3-6,8H,2,7,9H2,1H3. The highest BCUT2D eigenvalue weighted by atomic mass is 79.9. The highest BCUT2D eigenvalue weighted by molar-refractivity contribution is 9.10.